The van der Waals surface area contributed by atoms with Crippen LogP contribution in [0.1, 0.15) is 46.5 Å². The molecule has 0 aromatic rings. The van der Waals surface area contributed by atoms with E-state index in [9.17, 15) is 0 Å². The zero-order chi connectivity index (χ0) is 11.3. The molecule has 1 saturated carbocycles. The molecule has 0 aromatic heterocycles. The van der Waals surface area contributed by atoms with Crippen molar-refractivity contribution >= 4 is 0 Å². The molecule has 1 heterocycles. The lowest BCUT2D eigenvalue weighted by atomic mass is 9.60. The minimum absolute atomic E-state index is 0.401. The molecule has 3 rings (SSSR count). The van der Waals surface area contributed by atoms with Crippen molar-refractivity contribution in [1.82, 2.24) is 0 Å². The van der Waals surface area contributed by atoms with Crippen molar-refractivity contribution in [3.63, 3.8) is 0 Å². The number of ether oxygens (including phenoxy) is 1. The van der Waals surface area contributed by atoms with Crippen LogP contribution in [-0.4, -0.2) is 12.7 Å². The highest BCUT2D eigenvalue weighted by atomic mass is 16.5. The van der Waals surface area contributed by atoms with E-state index in [-0.39, 0.29) is 0 Å². The molecular weight excluding hydrogens is 196 g/mol. The molecule has 90 valence electrons. The molecule has 0 aromatic carbocycles. The molecular formula is C15H24O. The van der Waals surface area contributed by atoms with Crippen LogP contribution in [-0.2, 0) is 4.74 Å². The van der Waals surface area contributed by atoms with Crippen LogP contribution in [0.2, 0.25) is 0 Å². The second-order valence-electron chi connectivity index (χ2n) is 6.48. The Bertz CT molecular complexity index is 319. The van der Waals surface area contributed by atoms with E-state index in [1.54, 1.807) is 5.57 Å². The summed E-state index contributed by atoms with van der Waals surface area (Å²) < 4.78 is 6.18. The van der Waals surface area contributed by atoms with E-state index >= 15 is 0 Å². The van der Waals surface area contributed by atoms with Crippen LogP contribution in [0.15, 0.2) is 11.6 Å². The van der Waals surface area contributed by atoms with Crippen molar-refractivity contribution in [3.8, 4) is 0 Å². The molecule has 1 aliphatic heterocycles. The predicted molar refractivity (Wildman–Crippen MR) is 66.2 cm³/mol. The van der Waals surface area contributed by atoms with Gasteiger partial charge in [0.25, 0.3) is 0 Å². The van der Waals surface area contributed by atoms with Crippen LogP contribution in [0.4, 0.5) is 0 Å². The third kappa shape index (κ3) is 1.33. The Kier molecular flexibility index (Phi) is 2.43. The van der Waals surface area contributed by atoms with Crippen molar-refractivity contribution in [3.05, 3.63) is 11.6 Å². The summed E-state index contributed by atoms with van der Waals surface area (Å²) >= 11 is 0. The molecule has 1 nitrogen and oxygen atoms in total. The average Bonchev–Trinajstić information content (AvgIpc) is 2.80. The molecule has 2 fully saturated rings. The zero-order valence-corrected chi connectivity index (χ0v) is 10.8. The van der Waals surface area contributed by atoms with Gasteiger partial charge >= 0.3 is 0 Å². The first-order chi connectivity index (χ1) is 7.63. The van der Waals surface area contributed by atoms with Crippen LogP contribution in [0.5, 0.6) is 0 Å². The van der Waals surface area contributed by atoms with E-state index in [1.165, 1.54) is 25.7 Å². The Morgan fingerprint density at radius 3 is 2.81 bits per heavy atom. The standard InChI is InChI=1S/C15H24O/c1-10-6-7-15(8-10)12(3)4-5-13-11(2)9-16-14(13)15/h8,11-14H,4-7,9H2,1-3H3. The summed E-state index contributed by atoms with van der Waals surface area (Å²) in [4.78, 5) is 0. The molecule has 0 amide bonds. The van der Waals surface area contributed by atoms with E-state index in [2.05, 4.69) is 26.8 Å². The lowest BCUT2D eigenvalue weighted by molar-refractivity contribution is -0.0503. The van der Waals surface area contributed by atoms with Crippen molar-refractivity contribution < 1.29 is 4.74 Å². The van der Waals surface area contributed by atoms with E-state index < -0.39 is 0 Å². The smallest absolute Gasteiger partial charge is 0.0700 e. The molecule has 5 atom stereocenters. The monoisotopic (exact) mass is 220 g/mol. The summed E-state index contributed by atoms with van der Waals surface area (Å²) in [6.07, 6.45) is 8.54. The Morgan fingerprint density at radius 2 is 2.12 bits per heavy atom. The molecule has 0 radical (unpaired) electrons. The highest BCUT2D eigenvalue weighted by Crippen LogP contribution is 2.56. The molecule has 2 aliphatic carbocycles. The van der Waals surface area contributed by atoms with Gasteiger partial charge in [0.2, 0.25) is 0 Å². The Hall–Kier alpha value is -0.300. The molecule has 1 heteroatoms. The summed E-state index contributed by atoms with van der Waals surface area (Å²) in [5.41, 5.74) is 1.99. The normalized spacial score (nSPS) is 51.8. The third-order valence-electron chi connectivity index (χ3n) is 5.51. The molecule has 16 heavy (non-hydrogen) atoms. The lowest BCUT2D eigenvalue weighted by Crippen LogP contribution is -2.45. The second-order valence-corrected chi connectivity index (χ2v) is 6.48. The van der Waals surface area contributed by atoms with Gasteiger partial charge in [-0.15, -0.1) is 0 Å². The van der Waals surface area contributed by atoms with Crippen molar-refractivity contribution in [2.75, 3.05) is 6.61 Å². The molecule has 3 aliphatic rings. The molecule has 1 saturated heterocycles. The van der Waals surface area contributed by atoms with Crippen LogP contribution in [0.3, 0.4) is 0 Å². The van der Waals surface area contributed by atoms with E-state index in [0.717, 1.165) is 24.4 Å². The summed E-state index contributed by atoms with van der Waals surface area (Å²) in [5, 5.41) is 0. The van der Waals surface area contributed by atoms with Gasteiger partial charge in [0, 0.05) is 12.0 Å². The van der Waals surface area contributed by atoms with Gasteiger partial charge in [-0.25, -0.2) is 0 Å². The second kappa shape index (κ2) is 3.60. The predicted octanol–water partition coefficient (Wildman–Crippen LogP) is 3.79. The Labute approximate surface area is 99.3 Å². The molecule has 0 bridgehead atoms. The minimum Gasteiger partial charge on any atom is -0.377 e. The molecule has 5 unspecified atom stereocenters. The fourth-order valence-electron chi connectivity index (χ4n) is 4.41. The highest BCUT2D eigenvalue weighted by Gasteiger charge is 2.54. The maximum atomic E-state index is 6.18. The summed E-state index contributed by atoms with van der Waals surface area (Å²) in [6, 6.07) is 0. The summed E-state index contributed by atoms with van der Waals surface area (Å²) in [5.74, 6) is 2.43. The van der Waals surface area contributed by atoms with Gasteiger partial charge in [0.15, 0.2) is 0 Å². The van der Waals surface area contributed by atoms with Gasteiger partial charge in [0.05, 0.1) is 6.10 Å². The number of hydrogen-bond donors (Lipinski definition) is 0. The van der Waals surface area contributed by atoms with E-state index in [1.807, 2.05) is 0 Å². The maximum Gasteiger partial charge on any atom is 0.0700 e. The molecule has 1 spiro atoms. The lowest BCUT2D eigenvalue weighted by Gasteiger charge is -2.46. The fourth-order valence-corrected chi connectivity index (χ4v) is 4.41. The highest BCUT2D eigenvalue weighted by molar-refractivity contribution is 5.21. The first-order valence-corrected chi connectivity index (χ1v) is 6.93. The van der Waals surface area contributed by atoms with Crippen LogP contribution >= 0.6 is 0 Å². The van der Waals surface area contributed by atoms with Crippen molar-refractivity contribution in [1.29, 1.82) is 0 Å². The van der Waals surface area contributed by atoms with E-state index in [4.69, 9.17) is 4.74 Å². The Morgan fingerprint density at radius 1 is 1.31 bits per heavy atom. The quantitative estimate of drug-likeness (QED) is 0.564. The van der Waals surface area contributed by atoms with Crippen LogP contribution in [0, 0.1) is 23.2 Å². The van der Waals surface area contributed by atoms with Crippen LogP contribution in [0.25, 0.3) is 0 Å². The number of allylic oxidation sites excluding steroid dienone is 1. The first-order valence-electron chi connectivity index (χ1n) is 6.93. The Balaban J connectivity index is 1.96. The van der Waals surface area contributed by atoms with Gasteiger partial charge in [-0.2, -0.15) is 0 Å². The fraction of sp³-hybridized carbons (Fsp3) is 0.867. The van der Waals surface area contributed by atoms with Gasteiger partial charge in [-0.1, -0.05) is 25.5 Å². The van der Waals surface area contributed by atoms with E-state index in [0.29, 0.717) is 11.5 Å². The average molecular weight is 220 g/mol. The zero-order valence-electron chi connectivity index (χ0n) is 10.8. The number of rotatable bonds is 0. The van der Waals surface area contributed by atoms with Gasteiger partial charge < -0.3 is 4.74 Å². The SMILES string of the molecule is CC1=CC2(CC1)C(C)CCC1C(C)COC12. The number of hydrogen-bond acceptors (Lipinski definition) is 1. The maximum absolute atomic E-state index is 6.18. The van der Waals surface area contributed by atoms with Crippen molar-refractivity contribution in [2.24, 2.45) is 23.2 Å². The minimum atomic E-state index is 0.401. The third-order valence-corrected chi connectivity index (χ3v) is 5.51. The van der Waals surface area contributed by atoms with Gasteiger partial charge in [-0.05, 0) is 50.4 Å². The number of fused-ring (bicyclic) bond motifs is 2. The molecule has 0 N–H and O–H groups in total. The summed E-state index contributed by atoms with van der Waals surface area (Å²) in [6.45, 7) is 8.11. The summed E-state index contributed by atoms with van der Waals surface area (Å²) in [7, 11) is 0. The van der Waals surface area contributed by atoms with Crippen LogP contribution < -0.4 is 0 Å². The largest absolute Gasteiger partial charge is 0.377 e. The van der Waals surface area contributed by atoms with Crippen molar-refractivity contribution in [2.45, 2.75) is 52.6 Å². The van der Waals surface area contributed by atoms with Gasteiger partial charge in [0.1, 0.15) is 0 Å². The van der Waals surface area contributed by atoms with Gasteiger partial charge in [-0.3, -0.25) is 0 Å². The first kappa shape index (κ1) is 10.8. The topological polar surface area (TPSA) is 9.23 Å².